The van der Waals surface area contributed by atoms with Crippen LogP contribution in [0.3, 0.4) is 0 Å². The minimum Gasteiger partial charge on any atom is -0.508 e. The smallest absolute Gasteiger partial charge is 0.323 e. The summed E-state index contributed by atoms with van der Waals surface area (Å²) in [5, 5.41) is 49.1. The van der Waals surface area contributed by atoms with Gasteiger partial charge in [0.15, 0.2) is 11.4 Å². The van der Waals surface area contributed by atoms with Crippen molar-refractivity contribution in [1.82, 2.24) is 10.2 Å². The van der Waals surface area contributed by atoms with Crippen molar-refractivity contribution in [2.24, 2.45) is 17.6 Å². The van der Waals surface area contributed by atoms with Crippen LogP contribution in [0.25, 0.3) is 16.9 Å². The van der Waals surface area contributed by atoms with Crippen LogP contribution in [0.4, 0.5) is 0 Å². The van der Waals surface area contributed by atoms with E-state index in [1.54, 1.807) is 26.2 Å². The van der Waals surface area contributed by atoms with E-state index in [2.05, 4.69) is 5.32 Å². The molecule has 13 nitrogen and oxygen atoms in total. The summed E-state index contributed by atoms with van der Waals surface area (Å²) in [6, 6.07) is 16.2. The van der Waals surface area contributed by atoms with Crippen molar-refractivity contribution in [2.45, 2.75) is 43.5 Å². The minimum atomic E-state index is -2.73. The molecule has 3 aromatic carbocycles. The van der Waals surface area contributed by atoms with E-state index in [-0.39, 0.29) is 36.3 Å². The van der Waals surface area contributed by atoms with Crippen LogP contribution in [0, 0.1) is 11.8 Å². The van der Waals surface area contributed by atoms with Gasteiger partial charge in [-0.3, -0.25) is 24.1 Å². The van der Waals surface area contributed by atoms with Crippen molar-refractivity contribution in [2.75, 3.05) is 28.3 Å². The van der Waals surface area contributed by atoms with Gasteiger partial charge in [-0.05, 0) is 79.7 Å². The molecule has 0 aliphatic heterocycles. The number of aromatic hydroxyl groups is 1. The number of amides is 1. The van der Waals surface area contributed by atoms with Crippen molar-refractivity contribution < 1.29 is 49.1 Å². The van der Waals surface area contributed by atoms with Crippen molar-refractivity contribution in [1.29, 1.82) is 0 Å². The van der Waals surface area contributed by atoms with E-state index < -0.39 is 70.1 Å². The number of hydrogen-bond donors (Lipinski definition) is 6. The summed E-state index contributed by atoms with van der Waals surface area (Å²) < 4.78 is 10.8. The Morgan fingerprint density at radius 3 is 2.35 bits per heavy atom. The van der Waals surface area contributed by atoms with Crippen LogP contribution in [-0.2, 0) is 43.3 Å². The van der Waals surface area contributed by atoms with E-state index in [9.17, 15) is 39.6 Å². The number of fused-ring (bicyclic) bond motifs is 3. The summed E-state index contributed by atoms with van der Waals surface area (Å²) in [4.78, 5) is 54.1. The van der Waals surface area contributed by atoms with Crippen LogP contribution in [0.5, 0.6) is 11.5 Å². The average Bonchev–Trinajstić information content (AvgIpc) is 3.11. The molecule has 1 amide bonds. The highest BCUT2D eigenvalue weighted by molar-refractivity contribution is 6.24. The fraction of sp³-hybridized carbons (Fsp3) is 0.333. The first kappa shape index (κ1) is 36.3. The number of phenolic OH excluding ortho intramolecular Hbond substituents is 1. The van der Waals surface area contributed by atoms with Crippen LogP contribution in [0.2, 0.25) is 0 Å². The van der Waals surface area contributed by atoms with Gasteiger partial charge in [0, 0.05) is 23.6 Å². The van der Waals surface area contributed by atoms with Gasteiger partial charge in [-0.1, -0.05) is 42.5 Å². The van der Waals surface area contributed by atoms with Crippen molar-refractivity contribution >= 4 is 29.2 Å². The molecule has 3 aliphatic carbocycles. The first-order chi connectivity index (χ1) is 24.7. The second kappa shape index (κ2) is 13.9. The lowest BCUT2D eigenvalue weighted by Crippen LogP contribution is -2.65. The molecule has 52 heavy (non-hydrogen) atoms. The first-order valence-electron chi connectivity index (χ1n) is 16.8. The molecule has 6 rings (SSSR count). The normalized spacial score (nSPS) is 23.2. The second-order valence-electron chi connectivity index (χ2n) is 13.6. The monoisotopic (exact) mass is 711 g/mol. The van der Waals surface area contributed by atoms with Gasteiger partial charge < -0.3 is 41.0 Å². The second-order valence-corrected chi connectivity index (χ2v) is 13.6. The lowest BCUT2D eigenvalue weighted by molar-refractivity contribution is -0.153. The maximum atomic E-state index is 14.2. The van der Waals surface area contributed by atoms with Crippen LogP contribution < -0.4 is 15.8 Å². The molecule has 5 unspecified atom stereocenters. The third kappa shape index (κ3) is 5.90. The van der Waals surface area contributed by atoms with Gasteiger partial charge in [0.2, 0.25) is 5.78 Å². The molecular weight excluding hydrogens is 670 g/mol. The molecule has 7 N–H and O–H groups in total. The quantitative estimate of drug-likeness (QED) is 0.132. The number of likely N-dealkylation sites (N-methyl/N-ethyl adjacent to an activating group) is 1. The van der Waals surface area contributed by atoms with Gasteiger partial charge in [0.05, 0.1) is 25.8 Å². The van der Waals surface area contributed by atoms with Crippen LogP contribution >= 0.6 is 0 Å². The van der Waals surface area contributed by atoms with Crippen LogP contribution in [-0.4, -0.2) is 94.8 Å². The maximum absolute atomic E-state index is 14.2. The Labute approximate surface area is 300 Å². The number of methoxy groups -OCH3 is 2. The van der Waals surface area contributed by atoms with Gasteiger partial charge in [-0.2, -0.15) is 0 Å². The topological polar surface area (TPSA) is 209 Å². The Balaban J connectivity index is 1.41. The summed E-state index contributed by atoms with van der Waals surface area (Å²) in [5.74, 6) is -7.15. The van der Waals surface area contributed by atoms with E-state index in [1.807, 2.05) is 42.5 Å². The number of nitrogens with one attached hydrogen (secondary N) is 1. The standard InChI is InChI=1S/C39H41N3O10/c1-42(2)32-25-17-21-16-24-22(11-12-27(43)30(24)33(44)29(21)35(46)39(25,50)36(47)31(34(32)45)37(40)48)23-14-20(10-13-28(23)51-3)18-41-26(38(49)52-4)15-19-8-6-5-7-9-19/h5-14,21,25-26,32,41,43-44,47,50H,15-18H2,1-4H3,(H2,40,48). The number of Topliss-reactive ketones (excluding diaryl/α,β-unsaturated/α-hetero) is 2. The molecule has 0 spiro atoms. The van der Waals surface area contributed by atoms with Crippen LogP contribution in [0.1, 0.15) is 28.7 Å². The number of aliphatic hydroxyl groups excluding tert-OH is 2. The number of phenols is 1. The first-order valence-corrected chi connectivity index (χ1v) is 16.8. The third-order valence-electron chi connectivity index (χ3n) is 10.5. The van der Waals surface area contributed by atoms with E-state index in [0.717, 1.165) is 11.1 Å². The summed E-state index contributed by atoms with van der Waals surface area (Å²) in [6.07, 6.45) is 0.466. The molecule has 0 saturated heterocycles. The Kier molecular flexibility index (Phi) is 9.71. The zero-order chi connectivity index (χ0) is 37.6. The number of ether oxygens (including phenoxy) is 2. The number of nitrogens with zero attached hydrogens (tertiary/aromatic N) is 1. The number of aliphatic hydroxyl groups is 3. The number of ketones is 2. The number of esters is 1. The molecule has 13 heteroatoms. The fourth-order valence-electron chi connectivity index (χ4n) is 8.04. The summed E-state index contributed by atoms with van der Waals surface area (Å²) in [6.45, 7) is 0.279. The minimum absolute atomic E-state index is 0.0343. The van der Waals surface area contributed by atoms with Crippen molar-refractivity contribution in [3.8, 4) is 22.6 Å². The number of primary amides is 1. The van der Waals surface area contributed by atoms with E-state index in [1.165, 1.54) is 25.2 Å². The molecule has 1 saturated carbocycles. The number of carbonyl (C=O) groups is 4. The number of nitrogens with two attached hydrogens (primary N) is 1. The fourth-order valence-corrected chi connectivity index (χ4v) is 8.04. The summed E-state index contributed by atoms with van der Waals surface area (Å²) in [7, 11) is 5.94. The molecule has 0 heterocycles. The highest BCUT2D eigenvalue weighted by Gasteiger charge is 2.64. The number of rotatable bonds is 10. The zero-order valence-electron chi connectivity index (χ0n) is 29.2. The lowest BCUT2D eigenvalue weighted by atomic mass is 9.57. The van der Waals surface area contributed by atoms with Gasteiger partial charge >= 0.3 is 5.97 Å². The highest BCUT2D eigenvalue weighted by Crippen LogP contribution is 2.54. The van der Waals surface area contributed by atoms with E-state index in [4.69, 9.17) is 15.2 Å². The Hall–Kier alpha value is -5.50. The van der Waals surface area contributed by atoms with Crippen LogP contribution in [0.15, 0.2) is 77.6 Å². The van der Waals surface area contributed by atoms with Gasteiger partial charge in [-0.15, -0.1) is 0 Å². The Bertz CT molecular complexity index is 2040. The number of hydrogen-bond acceptors (Lipinski definition) is 12. The highest BCUT2D eigenvalue weighted by atomic mass is 16.5. The number of benzene rings is 3. The number of carbonyl (C=O) groups excluding carboxylic acids is 4. The van der Waals surface area contributed by atoms with Gasteiger partial charge in [-0.25, -0.2) is 0 Å². The predicted molar refractivity (Wildman–Crippen MR) is 189 cm³/mol. The van der Waals surface area contributed by atoms with Crippen molar-refractivity contribution in [3.05, 3.63) is 99.8 Å². The SMILES string of the molecule is COC(=O)C(Cc1ccccc1)NCc1ccc(OC)c(-c2ccc(O)c3c2CC2CC4C(N(C)C)C(=O)C(C(N)=O)=C(O)C4(O)C(=O)C2=C3O)c1. The molecule has 5 atom stereocenters. The summed E-state index contributed by atoms with van der Waals surface area (Å²) in [5.41, 5.74) is 4.98. The van der Waals surface area contributed by atoms with Crippen molar-refractivity contribution in [3.63, 3.8) is 0 Å². The third-order valence-corrected chi connectivity index (χ3v) is 10.5. The lowest BCUT2D eigenvalue weighted by Gasteiger charge is -2.50. The zero-order valence-corrected chi connectivity index (χ0v) is 29.2. The van der Waals surface area contributed by atoms with E-state index >= 15 is 0 Å². The average molecular weight is 712 g/mol. The molecule has 1 fully saturated rings. The maximum Gasteiger partial charge on any atom is 0.323 e. The molecule has 3 aliphatic rings. The van der Waals surface area contributed by atoms with E-state index in [0.29, 0.717) is 28.9 Å². The molecule has 3 aromatic rings. The molecule has 272 valence electrons. The predicted octanol–water partition coefficient (Wildman–Crippen LogP) is 2.51. The van der Waals surface area contributed by atoms with Gasteiger partial charge in [0.25, 0.3) is 5.91 Å². The Morgan fingerprint density at radius 1 is 1.00 bits per heavy atom. The molecule has 0 bridgehead atoms. The van der Waals surface area contributed by atoms with Gasteiger partial charge in [0.1, 0.15) is 34.6 Å². The molecule has 0 radical (unpaired) electrons. The largest absolute Gasteiger partial charge is 0.508 e. The summed E-state index contributed by atoms with van der Waals surface area (Å²) >= 11 is 0. The molecule has 0 aromatic heterocycles. The molecular formula is C39H41N3O10. The Morgan fingerprint density at radius 2 is 1.71 bits per heavy atom.